The van der Waals surface area contributed by atoms with E-state index in [-0.39, 0.29) is 0 Å². The topological polar surface area (TPSA) is 36.3 Å². The van der Waals surface area contributed by atoms with E-state index < -0.39 is 0 Å². The summed E-state index contributed by atoms with van der Waals surface area (Å²) in [4.78, 5) is 2.46. The van der Waals surface area contributed by atoms with E-state index in [1.165, 1.54) is 23.5 Å². The minimum atomic E-state index is 0.624. The molecule has 0 N–H and O–H groups in total. The fraction of sp³-hybridized carbons (Fsp3) is 0.500. The second-order valence-corrected chi connectivity index (χ2v) is 5.61. The number of nitrogens with zero attached hydrogens (tertiary/aromatic N) is 2. The minimum absolute atomic E-state index is 0.624. The van der Waals surface area contributed by atoms with Crippen LogP contribution < -0.4 is 4.74 Å². The standard InChI is InChI=1S/C14H18N2OS/c1-17-14-4-3-12(9-13(14)10-15)11-16-5-2-7-18-8-6-16/h3-4,9H,2,5-8,11H2,1H3. The van der Waals surface area contributed by atoms with Crippen LogP contribution in [0.25, 0.3) is 0 Å². The van der Waals surface area contributed by atoms with Gasteiger partial charge in [0.15, 0.2) is 0 Å². The summed E-state index contributed by atoms with van der Waals surface area (Å²) in [6.45, 7) is 3.22. The molecule has 1 saturated heterocycles. The van der Waals surface area contributed by atoms with Gasteiger partial charge in [-0.1, -0.05) is 6.07 Å². The first-order valence-corrected chi connectivity index (χ1v) is 7.36. The van der Waals surface area contributed by atoms with Crippen LogP contribution in [-0.2, 0) is 6.54 Å². The summed E-state index contributed by atoms with van der Waals surface area (Å²) in [6.07, 6.45) is 1.26. The van der Waals surface area contributed by atoms with Crippen LogP contribution in [0.2, 0.25) is 0 Å². The molecule has 3 nitrogen and oxygen atoms in total. The lowest BCUT2D eigenvalue weighted by atomic mass is 10.1. The number of thioether (sulfide) groups is 1. The molecule has 0 saturated carbocycles. The van der Waals surface area contributed by atoms with E-state index in [9.17, 15) is 0 Å². The average Bonchev–Trinajstić information content (AvgIpc) is 2.67. The summed E-state index contributed by atoms with van der Waals surface area (Å²) >= 11 is 2.03. The van der Waals surface area contributed by atoms with Crippen molar-refractivity contribution in [2.24, 2.45) is 0 Å². The lowest BCUT2D eigenvalue weighted by Gasteiger charge is -2.19. The van der Waals surface area contributed by atoms with Crippen LogP contribution in [0.3, 0.4) is 0 Å². The number of hydrogen-bond acceptors (Lipinski definition) is 4. The number of hydrogen-bond donors (Lipinski definition) is 0. The third-order valence-electron chi connectivity index (χ3n) is 3.11. The fourth-order valence-corrected chi connectivity index (χ4v) is 3.08. The predicted octanol–water partition coefficient (Wildman–Crippen LogP) is 2.51. The predicted molar refractivity (Wildman–Crippen MR) is 74.9 cm³/mol. The third-order valence-corrected chi connectivity index (χ3v) is 4.15. The molecule has 0 aromatic heterocycles. The highest BCUT2D eigenvalue weighted by molar-refractivity contribution is 7.99. The highest BCUT2D eigenvalue weighted by Crippen LogP contribution is 2.20. The summed E-state index contributed by atoms with van der Waals surface area (Å²) in [7, 11) is 1.60. The smallest absolute Gasteiger partial charge is 0.136 e. The molecule has 0 aliphatic carbocycles. The molecule has 96 valence electrons. The maximum absolute atomic E-state index is 9.08. The molecule has 2 rings (SSSR count). The van der Waals surface area contributed by atoms with Gasteiger partial charge in [0.25, 0.3) is 0 Å². The van der Waals surface area contributed by atoms with Gasteiger partial charge in [-0.3, -0.25) is 4.90 Å². The molecule has 1 fully saturated rings. The van der Waals surface area contributed by atoms with Crippen LogP contribution >= 0.6 is 11.8 Å². The molecule has 0 amide bonds. The van der Waals surface area contributed by atoms with Crippen molar-refractivity contribution >= 4 is 11.8 Å². The third kappa shape index (κ3) is 3.41. The normalized spacial score (nSPS) is 16.9. The van der Waals surface area contributed by atoms with Crippen molar-refractivity contribution in [1.29, 1.82) is 5.26 Å². The highest BCUT2D eigenvalue weighted by Gasteiger charge is 2.11. The second kappa shape index (κ2) is 6.67. The molecule has 18 heavy (non-hydrogen) atoms. The van der Waals surface area contributed by atoms with Gasteiger partial charge in [-0.25, -0.2) is 0 Å². The maximum atomic E-state index is 9.08. The van der Waals surface area contributed by atoms with Crippen LogP contribution in [0.4, 0.5) is 0 Å². The van der Waals surface area contributed by atoms with Crippen molar-refractivity contribution in [2.45, 2.75) is 13.0 Å². The van der Waals surface area contributed by atoms with Crippen LogP contribution in [0.1, 0.15) is 17.5 Å². The highest BCUT2D eigenvalue weighted by atomic mass is 32.2. The van der Waals surface area contributed by atoms with Crippen LogP contribution in [0.5, 0.6) is 5.75 Å². The molecule has 0 unspecified atom stereocenters. The van der Waals surface area contributed by atoms with Gasteiger partial charge in [-0.15, -0.1) is 0 Å². The van der Waals surface area contributed by atoms with E-state index >= 15 is 0 Å². The van der Waals surface area contributed by atoms with Crippen LogP contribution in [0, 0.1) is 11.3 Å². The number of benzene rings is 1. The molecule has 0 radical (unpaired) electrons. The summed E-state index contributed by atoms with van der Waals surface area (Å²) in [5.74, 6) is 3.14. The molecule has 0 spiro atoms. The molecule has 1 heterocycles. The molecule has 1 aliphatic heterocycles. The average molecular weight is 262 g/mol. The zero-order chi connectivity index (χ0) is 12.8. The quantitative estimate of drug-likeness (QED) is 0.838. The van der Waals surface area contributed by atoms with E-state index in [1.54, 1.807) is 7.11 Å². The van der Waals surface area contributed by atoms with Crippen molar-refractivity contribution in [3.8, 4) is 11.8 Å². The molecule has 1 aromatic carbocycles. The molecule has 0 atom stereocenters. The maximum Gasteiger partial charge on any atom is 0.136 e. The summed E-state index contributed by atoms with van der Waals surface area (Å²) in [5.41, 5.74) is 1.82. The fourth-order valence-electron chi connectivity index (χ4n) is 2.15. The summed E-state index contributed by atoms with van der Waals surface area (Å²) in [6, 6.07) is 8.07. The Hall–Kier alpha value is -1.18. The molecular formula is C14H18N2OS. The first-order valence-electron chi connectivity index (χ1n) is 6.20. The van der Waals surface area contributed by atoms with E-state index in [0.29, 0.717) is 11.3 Å². The minimum Gasteiger partial charge on any atom is -0.495 e. The van der Waals surface area contributed by atoms with Gasteiger partial charge in [0.1, 0.15) is 11.8 Å². The van der Waals surface area contributed by atoms with E-state index in [0.717, 1.165) is 19.6 Å². The van der Waals surface area contributed by atoms with Gasteiger partial charge in [0.05, 0.1) is 12.7 Å². The Balaban J connectivity index is 2.07. The number of ether oxygens (including phenoxy) is 1. The molecule has 0 bridgehead atoms. The van der Waals surface area contributed by atoms with Gasteiger partial charge in [0.2, 0.25) is 0 Å². The van der Waals surface area contributed by atoms with Gasteiger partial charge in [-0.05, 0) is 36.4 Å². The van der Waals surface area contributed by atoms with Crippen molar-refractivity contribution in [3.05, 3.63) is 29.3 Å². The molecule has 1 aromatic rings. The number of rotatable bonds is 3. The van der Waals surface area contributed by atoms with Gasteiger partial charge >= 0.3 is 0 Å². The largest absolute Gasteiger partial charge is 0.495 e. The van der Waals surface area contributed by atoms with Crippen molar-refractivity contribution < 1.29 is 4.74 Å². The Morgan fingerprint density at radius 1 is 1.39 bits per heavy atom. The van der Waals surface area contributed by atoms with Crippen molar-refractivity contribution in [1.82, 2.24) is 4.90 Å². The van der Waals surface area contributed by atoms with Gasteiger partial charge in [0, 0.05) is 18.8 Å². The molecule has 4 heteroatoms. The van der Waals surface area contributed by atoms with Gasteiger partial charge in [-0.2, -0.15) is 17.0 Å². The second-order valence-electron chi connectivity index (χ2n) is 4.39. The van der Waals surface area contributed by atoms with Gasteiger partial charge < -0.3 is 4.74 Å². The van der Waals surface area contributed by atoms with Crippen LogP contribution in [0.15, 0.2) is 18.2 Å². The Labute approximate surface area is 113 Å². The van der Waals surface area contributed by atoms with Crippen molar-refractivity contribution in [2.75, 3.05) is 31.7 Å². The number of methoxy groups -OCH3 is 1. The van der Waals surface area contributed by atoms with Crippen LogP contribution in [-0.4, -0.2) is 36.6 Å². The first-order chi connectivity index (χ1) is 8.83. The lowest BCUT2D eigenvalue weighted by Crippen LogP contribution is -2.25. The van der Waals surface area contributed by atoms with Crippen molar-refractivity contribution in [3.63, 3.8) is 0 Å². The Morgan fingerprint density at radius 2 is 2.28 bits per heavy atom. The zero-order valence-corrected chi connectivity index (χ0v) is 11.5. The lowest BCUT2D eigenvalue weighted by molar-refractivity contribution is 0.287. The van der Waals surface area contributed by atoms with E-state index in [1.807, 2.05) is 23.9 Å². The van der Waals surface area contributed by atoms with E-state index in [4.69, 9.17) is 10.00 Å². The number of nitriles is 1. The Bertz CT molecular complexity index is 434. The summed E-state index contributed by atoms with van der Waals surface area (Å²) < 4.78 is 5.16. The summed E-state index contributed by atoms with van der Waals surface area (Å²) in [5, 5.41) is 9.08. The Morgan fingerprint density at radius 3 is 3.06 bits per heavy atom. The zero-order valence-electron chi connectivity index (χ0n) is 10.7. The Kier molecular flexibility index (Phi) is 4.91. The molecular weight excluding hydrogens is 244 g/mol. The van der Waals surface area contributed by atoms with E-state index in [2.05, 4.69) is 17.0 Å². The first kappa shape index (κ1) is 13.3. The monoisotopic (exact) mass is 262 g/mol. The SMILES string of the molecule is COc1ccc(CN2CCCSCC2)cc1C#N. The molecule has 1 aliphatic rings.